The van der Waals surface area contributed by atoms with E-state index in [0.717, 1.165) is 10.1 Å². The molecule has 2 aromatic heterocycles. The van der Waals surface area contributed by atoms with Crippen molar-refractivity contribution in [2.75, 3.05) is 27.3 Å². The second-order valence-corrected chi connectivity index (χ2v) is 8.90. The summed E-state index contributed by atoms with van der Waals surface area (Å²) in [5.74, 6) is -0.371. The van der Waals surface area contributed by atoms with E-state index >= 15 is 0 Å². The maximum absolute atomic E-state index is 13.4. The number of nitrogens with one attached hydrogen (secondary N) is 1. The Morgan fingerprint density at radius 2 is 1.97 bits per heavy atom. The van der Waals surface area contributed by atoms with Gasteiger partial charge in [-0.25, -0.2) is 14.3 Å². The van der Waals surface area contributed by atoms with Crippen LogP contribution in [0.15, 0.2) is 46.2 Å². The Kier molecular flexibility index (Phi) is 7.28. The Labute approximate surface area is 197 Å². The lowest BCUT2D eigenvalue weighted by Gasteiger charge is -2.24. The predicted molar refractivity (Wildman–Crippen MR) is 129 cm³/mol. The van der Waals surface area contributed by atoms with Gasteiger partial charge in [0.15, 0.2) is 11.2 Å². The third kappa shape index (κ3) is 5.13. The Bertz CT molecular complexity index is 1260. The number of fused-ring (bicyclic) bond motifs is 1. The van der Waals surface area contributed by atoms with Gasteiger partial charge in [-0.3, -0.25) is 19.1 Å². The molecule has 10 nitrogen and oxygen atoms in total. The number of aromatic nitrogens is 4. The van der Waals surface area contributed by atoms with Crippen molar-refractivity contribution in [3.05, 3.63) is 63.1 Å². The van der Waals surface area contributed by atoms with Crippen LogP contribution in [0, 0.1) is 0 Å². The number of imidazole rings is 1. The predicted octanol–water partition coefficient (Wildman–Crippen LogP) is 0.653. The van der Waals surface area contributed by atoms with E-state index in [0.29, 0.717) is 31.4 Å². The molecule has 1 unspecified atom stereocenters. The lowest BCUT2D eigenvalue weighted by Crippen LogP contribution is -2.46. The molecular formula is C24H32N6O4. The van der Waals surface area contributed by atoms with E-state index in [-0.39, 0.29) is 30.6 Å². The minimum absolute atomic E-state index is 0.167. The summed E-state index contributed by atoms with van der Waals surface area (Å²) >= 11 is 0. The third-order valence-corrected chi connectivity index (χ3v) is 6.42. The summed E-state index contributed by atoms with van der Waals surface area (Å²) in [6.07, 6.45) is 3.90. The molecule has 0 spiro atoms. The normalized spacial score (nSPS) is 14.6. The number of hydrogen-bond acceptors (Lipinski definition) is 6. The fraction of sp³-hybridized carbons (Fsp3) is 0.500. The number of rotatable bonds is 11. The average Bonchev–Trinajstić information content (AvgIpc) is 3.61. The second kappa shape index (κ2) is 10.4. The lowest BCUT2D eigenvalue weighted by molar-refractivity contribution is -0.122. The maximum Gasteiger partial charge on any atom is 0.333 e. The highest BCUT2D eigenvalue weighted by molar-refractivity contribution is 5.76. The molecule has 1 aromatic carbocycles. The fourth-order valence-electron chi connectivity index (χ4n) is 4.09. The number of carbonyl (C=O) groups excluding carboxylic acids is 1. The van der Waals surface area contributed by atoms with Crippen LogP contribution >= 0.6 is 0 Å². The SMILES string of the molecule is COCCn1cnc2c1c(=O)n(CC(=O)NCC(C)N(C)C1CC1)c(=O)n2Cc1ccccc1. The molecular weight excluding hydrogens is 436 g/mol. The standard InChI is InChI=1S/C24H32N6O4/c1-17(27(2)19-9-10-19)13-25-20(31)15-30-23(32)21-22(26-16-28(21)11-12-34-3)29(24(30)33)14-18-7-5-4-6-8-18/h4-8,16-17,19H,9-15H2,1-3H3,(H,25,31). The van der Waals surface area contributed by atoms with Crippen molar-refractivity contribution < 1.29 is 9.53 Å². The van der Waals surface area contributed by atoms with Crippen molar-refractivity contribution in [3.8, 4) is 0 Å². The van der Waals surface area contributed by atoms with Crippen molar-refractivity contribution in [1.82, 2.24) is 28.9 Å². The highest BCUT2D eigenvalue weighted by atomic mass is 16.5. The van der Waals surface area contributed by atoms with Gasteiger partial charge in [-0.1, -0.05) is 30.3 Å². The first kappa shape index (κ1) is 23.9. The van der Waals surface area contributed by atoms with E-state index in [1.54, 1.807) is 11.7 Å². The highest BCUT2D eigenvalue weighted by Gasteiger charge is 2.29. The number of nitrogens with zero attached hydrogens (tertiary/aromatic N) is 5. The van der Waals surface area contributed by atoms with Crippen LogP contribution < -0.4 is 16.6 Å². The number of benzene rings is 1. The first-order valence-electron chi connectivity index (χ1n) is 11.6. The van der Waals surface area contributed by atoms with Gasteiger partial charge in [0.05, 0.1) is 19.5 Å². The summed E-state index contributed by atoms with van der Waals surface area (Å²) < 4.78 is 9.27. The molecule has 0 aliphatic heterocycles. The zero-order valence-corrected chi connectivity index (χ0v) is 19.9. The Morgan fingerprint density at radius 1 is 1.24 bits per heavy atom. The molecule has 1 amide bonds. The van der Waals surface area contributed by atoms with Gasteiger partial charge in [0, 0.05) is 32.3 Å². The number of amides is 1. The van der Waals surface area contributed by atoms with Gasteiger partial charge >= 0.3 is 5.69 Å². The molecule has 1 saturated carbocycles. The van der Waals surface area contributed by atoms with Crippen LogP contribution in [0.1, 0.15) is 25.3 Å². The zero-order valence-electron chi connectivity index (χ0n) is 19.9. The van der Waals surface area contributed by atoms with Crippen LogP contribution in [0.25, 0.3) is 11.2 Å². The third-order valence-electron chi connectivity index (χ3n) is 6.42. The largest absolute Gasteiger partial charge is 0.383 e. The number of likely N-dealkylation sites (N-methyl/N-ethyl adjacent to an activating group) is 1. The van der Waals surface area contributed by atoms with E-state index in [2.05, 4.69) is 29.2 Å². The minimum atomic E-state index is -0.559. The van der Waals surface area contributed by atoms with Crippen LogP contribution in [0.2, 0.25) is 0 Å². The van der Waals surface area contributed by atoms with Gasteiger partial charge in [0.25, 0.3) is 5.56 Å². The van der Waals surface area contributed by atoms with Gasteiger partial charge in [-0.15, -0.1) is 0 Å². The zero-order chi connectivity index (χ0) is 24.2. The van der Waals surface area contributed by atoms with Crippen molar-refractivity contribution in [3.63, 3.8) is 0 Å². The monoisotopic (exact) mass is 468 g/mol. The van der Waals surface area contributed by atoms with Gasteiger partial charge < -0.3 is 14.6 Å². The molecule has 0 bridgehead atoms. The molecule has 1 aliphatic carbocycles. The molecule has 34 heavy (non-hydrogen) atoms. The van der Waals surface area contributed by atoms with Crippen molar-refractivity contribution in [2.45, 2.75) is 51.5 Å². The van der Waals surface area contributed by atoms with Crippen LogP contribution in [0.4, 0.5) is 0 Å². The highest BCUT2D eigenvalue weighted by Crippen LogP contribution is 2.26. The molecule has 2 heterocycles. The molecule has 1 fully saturated rings. The molecule has 1 aliphatic rings. The Hall–Kier alpha value is -3.24. The average molecular weight is 469 g/mol. The van der Waals surface area contributed by atoms with E-state index in [9.17, 15) is 14.4 Å². The van der Waals surface area contributed by atoms with Gasteiger partial charge in [0.2, 0.25) is 5.91 Å². The Balaban J connectivity index is 1.65. The quantitative estimate of drug-likeness (QED) is 0.443. The first-order chi connectivity index (χ1) is 16.4. The first-order valence-corrected chi connectivity index (χ1v) is 11.6. The van der Waals surface area contributed by atoms with Crippen molar-refractivity contribution in [2.24, 2.45) is 0 Å². The second-order valence-electron chi connectivity index (χ2n) is 8.90. The van der Waals surface area contributed by atoms with Crippen molar-refractivity contribution in [1.29, 1.82) is 0 Å². The number of carbonyl (C=O) groups is 1. The molecule has 0 saturated heterocycles. The van der Waals surface area contributed by atoms with E-state index in [1.165, 1.54) is 23.7 Å². The number of hydrogen-bond donors (Lipinski definition) is 1. The van der Waals surface area contributed by atoms with Gasteiger partial charge in [-0.05, 0) is 32.4 Å². The molecule has 3 aromatic rings. The summed E-state index contributed by atoms with van der Waals surface area (Å²) in [6, 6.07) is 10.2. The molecule has 0 radical (unpaired) electrons. The van der Waals surface area contributed by atoms with Gasteiger partial charge in [0.1, 0.15) is 6.54 Å². The summed E-state index contributed by atoms with van der Waals surface area (Å²) in [5, 5.41) is 2.88. The van der Waals surface area contributed by atoms with Crippen LogP contribution in [0.5, 0.6) is 0 Å². The molecule has 1 atom stereocenters. The summed E-state index contributed by atoms with van der Waals surface area (Å²) in [4.78, 5) is 46.1. The number of ether oxygens (including phenoxy) is 1. The molecule has 4 rings (SSSR count). The maximum atomic E-state index is 13.4. The van der Waals surface area contributed by atoms with Crippen LogP contribution in [-0.4, -0.2) is 68.9 Å². The van der Waals surface area contributed by atoms with E-state index in [1.807, 2.05) is 30.3 Å². The smallest absolute Gasteiger partial charge is 0.333 e. The van der Waals surface area contributed by atoms with E-state index < -0.39 is 11.2 Å². The summed E-state index contributed by atoms with van der Waals surface area (Å²) in [6.45, 7) is 3.18. The fourth-order valence-corrected chi connectivity index (χ4v) is 4.09. The van der Waals surface area contributed by atoms with Gasteiger partial charge in [-0.2, -0.15) is 0 Å². The summed E-state index contributed by atoms with van der Waals surface area (Å²) in [5.41, 5.74) is 0.380. The summed E-state index contributed by atoms with van der Waals surface area (Å²) in [7, 11) is 3.63. The van der Waals surface area contributed by atoms with Crippen molar-refractivity contribution >= 4 is 17.1 Å². The Morgan fingerprint density at radius 3 is 2.65 bits per heavy atom. The molecule has 182 valence electrons. The van der Waals surface area contributed by atoms with Crippen LogP contribution in [0.3, 0.4) is 0 Å². The minimum Gasteiger partial charge on any atom is -0.383 e. The molecule has 10 heteroatoms. The molecule has 1 N–H and O–H groups in total. The van der Waals surface area contributed by atoms with E-state index in [4.69, 9.17) is 4.74 Å². The van der Waals surface area contributed by atoms with Crippen LogP contribution in [-0.2, 0) is 29.2 Å². The number of methoxy groups -OCH3 is 1. The lowest BCUT2D eigenvalue weighted by atomic mass is 10.2. The topological polar surface area (TPSA) is 103 Å².